The molecule has 0 aliphatic rings. The lowest BCUT2D eigenvalue weighted by molar-refractivity contribution is 0.104. The number of hydrogen-bond acceptors (Lipinski definition) is 4. The number of imidazole rings is 1. The van der Waals surface area contributed by atoms with Gasteiger partial charge < -0.3 is 9.30 Å². The molecule has 0 radical (unpaired) electrons. The van der Waals surface area contributed by atoms with E-state index in [1.165, 1.54) is 6.08 Å². The molecule has 2 rings (SSSR count). The number of ketones is 1. The van der Waals surface area contributed by atoms with Crippen LogP contribution in [0.2, 0.25) is 0 Å². The number of rotatable bonds is 5. The molecule has 104 valence electrons. The summed E-state index contributed by atoms with van der Waals surface area (Å²) in [6.45, 7) is 0. The van der Waals surface area contributed by atoms with Crippen LogP contribution in [0.3, 0.4) is 0 Å². The molecule has 0 unspecified atom stereocenters. The Morgan fingerprint density at radius 3 is 2.85 bits per heavy atom. The quantitative estimate of drug-likeness (QED) is 0.482. The molecule has 1 heterocycles. The van der Waals surface area contributed by atoms with E-state index < -0.39 is 0 Å². The summed E-state index contributed by atoms with van der Waals surface area (Å²) < 4.78 is 7.13. The summed E-state index contributed by atoms with van der Waals surface area (Å²) in [6, 6.07) is 5.46. The Kier molecular flexibility index (Phi) is 4.63. The average Bonchev–Trinajstić information content (AvgIpc) is 2.89. The van der Waals surface area contributed by atoms with Crippen LogP contribution in [-0.4, -0.2) is 28.7 Å². The monoisotopic (exact) mass is 288 g/mol. The summed E-state index contributed by atoms with van der Waals surface area (Å²) in [5.74, 6) is 1.39. The van der Waals surface area contributed by atoms with E-state index in [4.69, 9.17) is 4.74 Å². The second-order valence-corrected chi connectivity index (χ2v) is 5.01. The van der Waals surface area contributed by atoms with Gasteiger partial charge in [-0.15, -0.1) is 11.8 Å². The number of nitrogens with zero attached hydrogens (tertiary/aromatic N) is 2. The summed E-state index contributed by atoms with van der Waals surface area (Å²) in [5.41, 5.74) is 0.602. The summed E-state index contributed by atoms with van der Waals surface area (Å²) in [6.07, 6.45) is 8.73. The molecule has 0 aliphatic carbocycles. The summed E-state index contributed by atoms with van der Waals surface area (Å²) >= 11 is 1.59. The van der Waals surface area contributed by atoms with Crippen molar-refractivity contribution < 1.29 is 9.53 Å². The zero-order valence-electron chi connectivity index (χ0n) is 11.7. The van der Waals surface area contributed by atoms with Gasteiger partial charge in [0.2, 0.25) is 0 Å². The predicted octanol–water partition coefficient (Wildman–Crippen LogP) is 3.05. The topological polar surface area (TPSA) is 44.1 Å². The van der Waals surface area contributed by atoms with Crippen LogP contribution in [0.5, 0.6) is 5.75 Å². The zero-order chi connectivity index (χ0) is 14.5. The predicted molar refractivity (Wildman–Crippen MR) is 81.3 cm³/mol. The fraction of sp³-hybridized carbons (Fsp3) is 0.200. The van der Waals surface area contributed by atoms with Gasteiger partial charge in [0.05, 0.1) is 7.11 Å². The van der Waals surface area contributed by atoms with E-state index in [1.807, 2.05) is 30.1 Å². The fourth-order valence-corrected chi connectivity index (χ4v) is 2.32. The molecule has 0 saturated carbocycles. The smallest absolute Gasteiger partial charge is 0.186 e. The molecule has 0 N–H and O–H groups in total. The van der Waals surface area contributed by atoms with Gasteiger partial charge in [0.1, 0.15) is 11.6 Å². The van der Waals surface area contributed by atoms with Gasteiger partial charge in [-0.2, -0.15) is 0 Å². The van der Waals surface area contributed by atoms with Crippen molar-refractivity contribution in [1.82, 2.24) is 9.55 Å². The highest BCUT2D eigenvalue weighted by atomic mass is 32.2. The SMILES string of the molecule is COc1cc(C(=O)/C=C/c2nccn2C)ccc1SC. The van der Waals surface area contributed by atoms with Crippen molar-refractivity contribution >= 4 is 23.6 Å². The molecule has 0 fully saturated rings. The number of aryl methyl sites for hydroxylation is 1. The zero-order valence-corrected chi connectivity index (χ0v) is 12.5. The van der Waals surface area contributed by atoms with Crippen molar-refractivity contribution in [3.63, 3.8) is 0 Å². The van der Waals surface area contributed by atoms with E-state index in [-0.39, 0.29) is 5.78 Å². The van der Waals surface area contributed by atoms with Gasteiger partial charge in [-0.05, 0) is 36.6 Å². The van der Waals surface area contributed by atoms with Crippen molar-refractivity contribution in [3.05, 3.63) is 48.1 Å². The lowest BCUT2D eigenvalue weighted by Crippen LogP contribution is -1.97. The summed E-state index contributed by atoms with van der Waals surface area (Å²) in [5, 5.41) is 0. The highest BCUT2D eigenvalue weighted by molar-refractivity contribution is 7.98. The van der Waals surface area contributed by atoms with Crippen LogP contribution in [0.1, 0.15) is 16.2 Å². The van der Waals surface area contributed by atoms with Gasteiger partial charge in [-0.1, -0.05) is 0 Å². The molecule has 1 aromatic carbocycles. The first-order valence-corrected chi connectivity index (χ1v) is 7.30. The second-order valence-electron chi connectivity index (χ2n) is 4.16. The van der Waals surface area contributed by atoms with Crippen LogP contribution >= 0.6 is 11.8 Å². The fourth-order valence-electron chi connectivity index (χ4n) is 1.77. The maximum absolute atomic E-state index is 12.1. The Balaban J connectivity index is 2.21. The Labute approximate surface area is 122 Å². The number of ether oxygens (including phenoxy) is 1. The minimum atomic E-state index is -0.0704. The molecule has 5 heteroatoms. The lowest BCUT2D eigenvalue weighted by atomic mass is 10.1. The van der Waals surface area contributed by atoms with Crippen LogP contribution < -0.4 is 4.74 Å². The molecular formula is C15H16N2O2S. The molecule has 2 aromatic rings. The van der Waals surface area contributed by atoms with E-state index in [0.29, 0.717) is 11.3 Å². The minimum absolute atomic E-state index is 0.0704. The normalized spacial score (nSPS) is 10.9. The van der Waals surface area contributed by atoms with Crippen molar-refractivity contribution in [2.75, 3.05) is 13.4 Å². The Morgan fingerprint density at radius 1 is 1.45 bits per heavy atom. The number of benzene rings is 1. The third-order valence-corrected chi connectivity index (χ3v) is 3.69. The van der Waals surface area contributed by atoms with E-state index in [2.05, 4.69) is 4.98 Å². The second kappa shape index (κ2) is 6.43. The Hall–Kier alpha value is -2.01. The van der Waals surface area contributed by atoms with Crippen molar-refractivity contribution in [1.29, 1.82) is 0 Å². The van der Waals surface area contributed by atoms with Gasteiger partial charge in [0, 0.05) is 29.9 Å². The van der Waals surface area contributed by atoms with E-state index in [1.54, 1.807) is 43.3 Å². The van der Waals surface area contributed by atoms with Gasteiger partial charge in [0.15, 0.2) is 5.78 Å². The Bertz CT molecular complexity index is 647. The third kappa shape index (κ3) is 3.11. The van der Waals surface area contributed by atoms with Gasteiger partial charge >= 0.3 is 0 Å². The molecular weight excluding hydrogens is 272 g/mol. The molecule has 0 atom stereocenters. The molecule has 20 heavy (non-hydrogen) atoms. The highest BCUT2D eigenvalue weighted by Gasteiger charge is 2.08. The van der Waals surface area contributed by atoms with Crippen molar-refractivity contribution in [3.8, 4) is 5.75 Å². The first-order chi connectivity index (χ1) is 9.65. The highest BCUT2D eigenvalue weighted by Crippen LogP contribution is 2.28. The van der Waals surface area contributed by atoms with Crippen molar-refractivity contribution in [2.24, 2.45) is 7.05 Å². The van der Waals surface area contributed by atoms with Crippen LogP contribution in [0, 0.1) is 0 Å². The van der Waals surface area contributed by atoms with Gasteiger partial charge in [0.25, 0.3) is 0 Å². The first kappa shape index (κ1) is 14.4. The molecule has 0 aliphatic heterocycles. The Morgan fingerprint density at radius 2 is 2.25 bits per heavy atom. The maximum Gasteiger partial charge on any atom is 0.186 e. The average molecular weight is 288 g/mol. The van der Waals surface area contributed by atoms with E-state index in [0.717, 1.165) is 10.7 Å². The minimum Gasteiger partial charge on any atom is -0.496 e. The standard InChI is InChI=1S/C15H16N2O2S/c1-17-9-8-16-15(17)7-5-12(18)11-4-6-14(20-3)13(10-11)19-2/h4-10H,1-3H3/b7-5+. The number of aromatic nitrogens is 2. The van der Waals surface area contributed by atoms with Crippen LogP contribution in [0.25, 0.3) is 6.08 Å². The maximum atomic E-state index is 12.1. The molecule has 0 saturated heterocycles. The molecule has 4 nitrogen and oxygen atoms in total. The number of hydrogen-bond donors (Lipinski definition) is 0. The van der Waals surface area contributed by atoms with Gasteiger partial charge in [-0.25, -0.2) is 4.98 Å². The lowest BCUT2D eigenvalue weighted by Gasteiger charge is -2.07. The number of allylic oxidation sites excluding steroid dienone is 1. The first-order valence-electron chi connectivity index (χ1n) is 6.07. The number of thioether (sulfide) groups is 1. The molecule has 1 aromatic heterocycles. The van der Waals surface area contributed by atoms with Gasteiger partial charge in [-0.3, -0.25) is 4.79 Å². The van der Waals surface area contributed by atoms with Crippen LogP contribution in [-0.2, 0) is 7.05 Å². The van der Waals surface area contributed by atoms with Crippen molar-refractivity contribution in [2.45, 2.75) is 4.90 Å². The summed E-state index contributed by atoms with van der Waals surface area (Å²) in [4.78, 5) is 17.3. The molecule has 0 amide bonds. The number of methoxy groups -OCH3 is 1. The summed E-state index contributed by atoms with van der Waals surface area (Å²) in [7, 11) is 3.49. The van der Waals surface area contributed by atoms with Crippen LogP contribution in [0.4, 0.5) is 0 Å². The molecule has 0 spiro atoms. The largest absolute Gasteiger partial charge is 0.496 e. The number of carbonyl (C=O) groups excluding carboxylic acids is 1. The third-order valence-electron chi connectivity index (χ3n) is 2.91. The number of carbonyl (C=O) groups is 1. The van der Waals surface area contributed by atoms with Crippen LogP contribution in [0.15, 0.2) is 41.6 Å². The van der Waals surface area contributed by atoms with E-state index >= 15 is 0 Å². The van der Waals surface area contributed by atoms with E-state index in [9.17, 15) is 4.79 Å². The molecule has 0 bridgehead atoms.